The number of hydrogen-bond donors (Lipinski definition) is 0. The molecule has 0 radical (unpaired) electrons. The van der Waals surface area contributed by atoms with Crippen LogP contribution in [0.3, 0.4) is 0 Å². The Morgan fingerprint density at radius 3 is 1.86 bits per heavy atom. The fraction of sp³-hybridized carbons (Fsp3) is 0.176. The van der Waals surface area contributed by atoms with Gasteiger partial charge in [-0.25, -0.2) is 0 Å². The molecule has 1 aliphatic heterocycles. The highest BCUT2D eigenvalue weighted by atomic mass is 79.9. The maximum absolute atomic E-state index is 12.5. The molecule has 0 fully saturated rings. The smallest absolute Gasteiger partial charge is 0.261 e. The van der Waals surface area contributed by atoms with Gasteiger partial charge in [-0.3, -0.25) is 14.5 Å². The van der Waals surface area contributed by atoms with E-state index in [0.29, 0.717) is 16.5 Å². The first-order chi connectivity index (χ1) is 10.6. The molecule has 1 aliphatic rings. The SMILES string of the molecule is O=C1c2ccccc2C(=O)N1CC(Br)(CBr)c1ccccc1. The molecule has 1 unspecified atom stereocenters. The third kappa shape index (κ3) is 2.52. The lowest BCUT2D eigenvalue weighted by Crippen LogP contribution is -2.41. The summed E-state index contributed by atoms with van der Waals surface area (Å²) in [4.78, 5) is 26.3. The molecule has 2 aromatic rings. The highest BCUT2D eigenvalue weighted by molar-refractivity contribution is 9.12. The molecule has 0 aromatic heterocycles. The number of nitrogens with zero attached hydrogens (tertiary/aromatic N) is 1. The van der Waals surface area contributed by atoms with Crippen molar-refractivity contribution in [3.63, 3.8) is 0 Å². The molecule has 0 saturated heterocycles. The Labute approximate surface area is 145 Å². The molecule has 3 rings (SSSR count). The summed E-state index contributed by atoms with van der Waals surface area (Å²) in [6.45, 7) is 0.272. The Hall–Kier alpha value is -1.46. The zero-order valence-corrected chi connectivity index (χ0v) is 14.8. The van der Waals surface area contributed by atoms with E-state index in [4.69, 9.17) is 0 Å². The molecule has 0 aliphatic carbocycles. The monoisotopic (exact) mass is 421 g/mol. The number of alkyl halides is 2. The minimum atomic E-state index is -0.512. The third-order valence-corrected chi connectivity index (χ3v) is 6.49. The van der Waals surface area contributed by atoms with Gasteiger partial charge in [0.05, 0.1) is 15.5 Å². The van der Waals surface area contributed by atoms with Crippen molar-refractivity contribution in [1.82, 2.24) is 4.90 Å². The normalized spacial score (nSPS) is 16.5. The van der Waals surface area contributed by atoms with E-state index in [-0.39, 0.29) is 18.4 Å². The van der Waals surface area contributed by atoms with Gasteiger partial charge in [0, 0.05) is 11.9 Å². The molecule has 0 bridgehead atoms. The average Bonchev–Trinajstić information content (AvgIpc) is 2.81. The Morgan fingerprint density at radius 1 is 0.864 bits per heavy atom. The Morgan fingerprint density at radius 2 is 1.36 bits per heavy atom. The van der Waals surface area contributed by atoms with Gasteiger partial charge in [-0.2, -0.15) is 0 Å². The van der Waals surface area contributed by atoms with Crippen LogP contribution in [0.4, 0.5) is 0 Å². The second kappa shape index (κ2) is 5.97. The second-order valence-electron chi connectivity index (χ2n) is 5.21. The van der Waals surface area contributed by atoms with E-state index >= 15 is 0 Å². The number of carbonyl (C=O) groups excluding carboxylic acids is 2. The van der Waals surface area contributed by atoms with Crippen LogP contribution < -0.4 is 0 Å². The molecule has 112 valence electrons. The van der Waals surface area contributed by atoms with E-state index in [2.05, 4.69) is 31.9 Å². The summed E-state index contributed by atoms with van der Waals surface area (Å²) in [7, 11) is 0. The van der Waals surface area contributed by atoms with Crippen LogP contribution in [0.2, 0.25) is 0 Å². The molecule has 2 amide bonds. The van der Waals surface area contributed by atoms with Gasteiger partial charge in [0.1, 0.15) is 0 Å². The largest absolute Gasteiger partial charge is 0.273 e. The Bertz CT molecular complexity index is 697. The summed E-state index contributed by atoms with van der Waals surface area (Å²) in [6.07, 6.45) is 0. The minimum Gasteiger partial charge on any atom is -0.273 e. The lowest BCUT2D eigenvalue weighted by Gasteiger charge is -2.30. The fourth-order valence-corrected chi connectivity index (χ4v) is 3.60. The molecule has 0 N–H and O–H groups in total. The van der Waals surface area contributed by atoms with Crippen molar-refractivity contribution in [3.05, 3.63) is 71.3 Å². The molecule has 1 heterocycles. The van der Waals surface area contributed by atoms with E-state index in [1.165, 1.54) is 4.90 Å². The molecule has 0 saturated carbocycles. The number of rotatable bonds is 4. The van der Waals surface area contributed by atoms with Crippen molar-refractivity contribution in [2.24, 2.45) is 0 Å². The zero-order chi connectivity index (χ0) is 15.7. The maximum atomic E-state index is 12.5. The molecule has 22 heavy (non-hydrogen) atoms. The van der Waals surface area contributed by atoms with Crippen LogP contribution in [-0.4, -0.2) is 28.6 Å². The van der Waals surface area contributed by atoms with E-state index < -0.39 is 4.32 Å². The second-order valence-corrected chi connectivity index (χ2v) is 7.29. The number of carbonyl (C=O) groups is 2. The van der Waals surface area contributed by atoms with Crippen LogP contribution in [0.25, 0.3) is 0 Å². The van der Waals surface area contributed by atoms with Crippen molar-refractivity contribution >= 4 is 43.7 Å². The van der Waals surface area contributed by atoms with E-state index in [1.807, 2.05) is 30.3 Å². The van der Waals surface area contributed by atoms with E-state index in [9.17, 15) is 9.59 Å². The molecule has 2 aromatic carbocycles. The Balaban J connectivity index is 1.93. The van der Waals surface area contributed by atoms with Crippen molar-refractivity contribution < 1.29 is 9.59 Å². The molecule has 3 nitrogen and oxygen atoms in total. The van der Waals surface area contributed by atoms with Crippen molar-refractivity contribution in [2.75, 3.05) is 11.9 Å². The summed E-state index contributed by atoms with van der Waals surface area (Å²) in [5.74, 6) is -0.470. The number of fused-ring (bicyclic) bond motifs is 1. The van der Waals surface area contributed by atoms with Gasteiger partial charge in [0.2, 0.25) is 0 Å². The van der Waals surface area contributed by atoms with Crippen LogP contribution in [0, 0.1) is 0 Å². The number of hydrogen-bond acceptors (Lipinski definition) is 2. The lowest BCUT2D eigenvalue weighted by molar-refractivity contribution is 0.0642. The van der Waals surface area contributed by atoms with Crippen molar-refractivity contribution in [3.8, 4) is 0 Å². The minimum absolute atomic E-state index is 0.235. The van der Waals surface area contributed by atoms with Crippen LogP contribution in [-0.2, 0) is 4.32 Å². The van der Waals surface area contributed by atoms with Gasteiger partial charge >= 0.3 is 0 Å². The third-order valence-electron chi connectivity index (χ3n) is 3.79. The molecule has 5 heteroatoms. The molecule has 1 atom stereocenters. The van der Waals surface area contributed by atoms with Crippen molar-refractivity contribution in [1.29, 1.82) is 0 Å². The Kier molecular flexibility index (Phi) is 4.19. The molecular formula is C17H13Br2NO2. The van der Waals surface area contributed by atoms with Gasteiger partial charge in [0.15, 0.2) is 0 Å². The first-order valence-electron chi connectivity index (χ1n) is 6.82. The first-order valence-corrected chi connectivity index (χ1v) is 8.74. The van der Waals surface area contributed by atoms with E-state index in [0.717, 1.165) is 5.56 Å². The first kappa shape index (κ1) is 15.4. The van der Waals surface area contributed by atoms with Crippen LogP contribution in [0.5, 0.6) is 0 Å². The topological polar surface area (TPSA) is 37.4 Å². The zero-order valence-electron chi connectivity index (χ0n) is 11.6. The quantitative estimate of drug-likeness (QED) is 0.552. The number of amides is 2. The predicted octanol–water partition coefficient (Wildman–Crippen LogP) is 3.97. The lowest BCUT2D eigenvalue weighted by atomic mass is 10.0. The van der Waals surface area contributed by atoms with Crippen LogP contribution >= 0.6 is 31.9 Å². The van der Waals surface area contributed by atoms with Crippen molar-refractivity contribution in [2.45, 2.75) is 4.32 Å². The number of imide groups is 1. The van der Waals surface area contributed by atoms with Gasteiger partial charge in [0.25, 0.3) is 11.8 Å². The number of benzene rings is 2. The van der Waals surface area contributed by atoms with Gasteiger partial charge in [-0.1, -0.05) is 74.3 Å². The average molecular weight is 423 g/mol. The fourth-order valence-electron chi connectivity index (χ4n) is 2.58. The highest BCUT2D eigenvalue weighted by Gasteiger charge is 2.40. The maximum Gasteiger partial charge on any atom is 0.261 e. The predicted molar refractivity (Wildman–Crippen MR) is 92.7 cm³/mol. The summed E-state index contributed by atoms with van der Waals surface area (Å²) in [5, 5.41) is 0.581. The highest BCUT2D eigenvalue weighted by Crippen LogP contribution is 2.36. The molecular weight excluding hydrogens is 410 g/mol. The van der Waals surface area contributed by atoms with Crippen LogP contribution in [0.1, 0.15) is 26.3 Å². The molecule has 0 spiro atoms. The summed E-state index contributed by atoms with van der Waals surface area (Å²) >= 11 is 7.20. The van der Waals surface area contributed by atoms with Gasteiger partial charge in [-0.15, -0.1) is 0 Å². The van der Waals surface area contributed by atoms with E-state index in [1.54, 1.807) is 24.3 Å². The van der Waals surface area contributed by atoms with Gasteiger partial charge in [-0.05, 0) is 17.7 Å². The summed E-state index contributed by atoms with van der Waals surface area (Å²) < 4.78 is -0.512. The standard InChI is InChI=1S/C17H13Br2NO2/c18-10-17(19,12-6-2-1-3-7-12)11-20-15(21)13-8-4-5-9-14(13)16(20)22/h1-9H,10-11H2. The van der Waals surface area contributed by atoms with Gasteiger partial charge < -0.3 is 0 Å². The summed E-state index contributed by atoms with van der Waals surface area (Å²) in [6, 6.07) is 16.7. The number of halogens is 2. The van der Waals surface area contributed by atoms with Crippen LogP contribution in [0.15, 0.2) is 54.6 Å². The summed E-state index contributed by atoms with van der Waals surface area (Å²) in [5.41, 5.74) is 1.97.